The Kier molecular flexibility index (Phi) is 6.77. The number of rotatable bonds is 0. The summed E-state index contributed by atoms with van der Waals surface area (Å²) in [5, 5.41) is 7.50. The van der Waals surface area contributed by atoms with Crippen molar-refractivity contribution in [1.82, 2.24) is 0 Å². The molecule has 0 bridgehead atoms. The first kappa shape index (κ1) is 11.2. The van der Waals surface area contributed by atoms with Gasteiger partial charge in [0.05, 0.1) is 12.6 Å². The molecule has 0 aromatic carbocycles. The minimum atomic E-state index is -5.17. The summed E-state index contributed by atoms with van der Waals surface area (Å²) in [6.07, 6.45) is 0. The van der Waals surface area contributed by atoms with Crippen LogP contribution in [0.2, 0.25) is 0 Å². The van der Waals surface area contributed by atoms with Crippen LogP contribution in [0, 0.1) is 11.3 Å². The van der Waals surface area contributed by atoms with Gasteiger partial charge in [0, 0.05) is 10.4 Å². The quantitative estimate of drug-likeness (QED) is 0.246. The van der Waals surface area contributed by atoms with E-state index in [4.69, 9.17) is 22.8 Å². The molecule has 54 valence electrons. The minimum absolute atomic E-state index is 0.125. The number of nitrogens with two attached hydrogens (primary N) is 1. The highest BCUT2D eigenvalue weighted by atomic mass is 32.3. The first-order valence-electron chi connectivity index (χ1n) is 1.65. The predicted molar refractivity (Wildman–Crippen MR) is 25.1 cm³/mol. The van der Waals surface area contributed by atoms with Gasteiger partial charge in [0.25, 0.3) is 0 Å². The van der Waals surface area contributed by atoms with Crippen LogP contribution in [0.25, 0.3) is 0 Å². The number of nitriles is 1. The van der Waals surface area contributed by atoms with Crippen LogP contribution in [0.5, 0.6) is 0 Å². The molecule has 0 aliphatic rings. The molecule has 0 unspecified atom stereocenters. The standard InChI is InChI=1S/C2H4N2.H2O4S/c3-1-2-4;1-5(2,3)4/h1,3H2;(H2,1,2,3,4)/p-2. The second kappa shape index (κ2) is 5.46. The minimum Gasteiger partial charge on any atom is -0.759 e. The fraction of sp³-hybridized carbons (Fsp3) is 0.500. The molecule has 0 spiro atoms. The first-order chi connectivity index (χ1) is 3.91. The summed E-state index contributed by atoms with van der Waals surface area (Å²) in [5.74, 6) is 0. The molecular formula is C2H4N2O4S-2. The number of hydrogen-bond donors (Lipinski definition) is 1. The van der Waals surface area contributed by atoms with Crippen molar-refractivity contribution in [2.24, 2.45) is 5.73 Å². The van der Waals surface area contributed by atoms with Gasteiger partial charge in [-0.2, -0.15) is 5.26 Å². The van der Waals surface area contributed by atoms with Crippen LogP contribution in [0.4, 0.5) is 0 Å². The molecule has 6 nitrogen and oxygen atoms in total. The molecule has 0 aromatic heterocycles. The van der Waals surface area contributed by atoms with Gasteiger partial charge in [-0.1, -0.05) is 0 Å². The molecular weight excluding hydrogens is 148 g/mol. The van der Waals surface area contributed by atoms with Crippen molar-refractivity contribution >= 4 is 10.4 Å². The topological polar surface area (TPSA) is 130 Å². The number of nitrogens with zero attached hydrogens (tertiary/aromatic N) is 1. The monoisotopic (exact) mass is 152 g/mol. The van der Waals surface area contributed by atoms with Crippen molar-refractivity contribution in [3.05, 3.63) is 0 Å². The fourth-order valence-electron chi connectivity index (χ4n) is 0. The molecule has 0 aromatic rings. The van der Waals surface area contributed by atoms with E-state index in [1.165, 1.54) is 0 Å². The lowest BCUT2D eigenvalue weighted by molar-refractivity contribution is 0.352. The van der Waals surface area contributed by atoms with E-state index in [0.29, 0.717) is 0 Å². The first-order valence-corrected chi connectivity index (χ1v) is 2.99. The Morgan fingerprint density at radius 3 is 1.67 bits per heavy atom. The van der Waals surface area contributed by atoms with Crippen LogP contribution >= 0.6 is 0 Å². The average molecular weight is 152 g/mol. The summed E-state index contributed by atoms with van der Waals surface area (Å²) in [5.41, 5.74) is 4.67. The fourth-order valence-corrected chi connectivity index (χ4v) is 0. The van der Waals surface area contributed by atoms with E-state index >= 15 is 0 Å². The van der Waals surface area contributed by atoms with Crippen molar-refractivity contribution in [3.63, 3.8) is 0 Å². The summed E-state index contributed by atoms with van der Waals surface area (Å²) in [6.45, 7) is 0.125. The molecule has 7 heteroatoms. The van der Waals surface area contributed by atoms with Crippen molar-refractivity contribution < 1.29 is 17.5 Å². The smallest absolute Gasteiger partial charge is 0.0815 e. The lowest BCUT2D eigenvalue weighted by Crippen LogP contribution is -1.91. The van der Waals surface area contributed by atoms with Crippen LogP contribution in [0.1, 0.15) is 0 Å². The summed E-state index contributed by atoms with van der Waals surface area (Å²) in [7, 11) is -5.17. The van der Waals surface area contributed by atoms with Gasteiger partial charge >= 0.3 is 0 Å². The third-order valence-electron chi connectivity index (χ3n) is 0.0913. The third kappa shape index (κ3) is 2020. The maximum atomic E-state index is 8.52. The van der Waals surface area contributed by atoms with Crippen LogP contribution in [0.3, 0.4) is 0 Å². The van der Waals surface area contributed by atoms with Gasteiger partial charge in [0.15, 0.2) is 0 Å². The molecule has 0 amide bonds. The summed E-state index contributed by atoms with van der Waals surface area (Å²) >= 11 is 0. The molecule has 0 atom stereocenters. The van der Waals surface area contributed by atoms with Gasteiger partial charge in [-0.15, -0.1) is 0 Å². The average Bonchev–Trinajstić information content (AvgIpc) is 1.61. The Morgan fingerprint density at radius 1 is 1.56 bits per heavy atom. The zero-order chi connectivity index (χ0) is 7.91. The lowest BCUT2D eigenvalue weighted by atomic mass is 10.8. The van der Waals surface area contributed by atoms with E-state index in [2.05, 4.69) is 5.73 Å². The van der Waals surface area contributed by atoms with Crippen LogP contribution < -0.4 is 5.73 Å². The zero-order valence-corrected chi connectivity index (χ0v) is 5.09. The van der Waals surface area contributed by atoms with Gasteiger partial charge in [0.1, 0.15) is 0 Å². The van der Waals surface area contributed by atoms with Gasteiger partial charge in [-0.3, -0.25) is 8.42 Å². The van der Waals surface area contributed by atoms with Crippen LogP contribution in [0.15, 0.2) is 0 Å². The molecule has 0 aliphatic carbocycles. The van der Waals surface area contributed by atoms with Crippen molar-refractivity contribution in [3.8, 4) is 6.07 Å². The molecule has 0 heterocycles. The molecule has 0 rings (SSSR count). The highest BCUT2D eigenvalue weighted by Crippen LogP contribution is 1.57. The number of hydrogen-bond acceptors (Lipinski definition) is 6. The van der Waals surface area contributed by atoms with E-state index in [-0.39, 0.29) is 6.54 Å². The third-order valence-corrected chi connectivity index (χ3v) is 0.0913. The van der Waals surface area contributed by atoms with Crippen LogP contribution in [-0.4, -0.2) is 24.1 Å². The summed E-state index contributed by atoms with van der Waals surface area (Å²) in [4.78, 5) is 0. The zero-order valence-electron chi connectivity index (χ0n) is 4.27. The van der Waals surface area contributed by atoms with Gasteiger partial charge in [0.2, 0.25) is 0 Å². The van der Waals surface area contributed by atoms with Crippen molar-refractivity contribution in [1.29, 1.82) is 5.26 Å². The highest BCUT2D eigenvalue weighted by molar-refractivity contribution is 7.79. The van der Waals surface area contributed by atoms with E-state index < -0.39 is 10.4 Å². The second-order valence-electron chi connectivity index (χ2n) is 0.770. The largest absolute Gasteiger partial charge is 0.759 e. The van der Waals surface area contributed by atoms with E-state index in [1.54, 1.807) is 6.07 Å². The molecule has 0 radical (unpaired) electrons. The Morgan fingerprint density at radius 2 is 1.67 bits per heavy atom. The van der Waals surface area contributed by atoms with Gasteiger partial charge in [-0.05, 0) is 0 Å². The van der Waals surface area contributed by atoms with E-state index in [1.807, 2.05) is 0 Å². The Balaban J connectivity index is 0. The second-order valence-corrected chi connectivity index (χ2v) is 1.59. The van der Waals surface area contributed by atoms with E-state index in [9.17, 15) is 0 Å². The molecule has 0 saturated heterocycles. The molecule has 2 N–H and O–H groups in total. The molecule has 9 heavy (non-hydrogen) atoms. The van der Waals surface area contributed by atoms with E-state index in [0.717, 1.165) is 0 Å². The Bertz CT molecular complexity index is 169. The normalized spacial score (nSPS) is 8.67. The Labute approximate surface area is 52.5 Å². The van der Waals surface area contributed by atoms with Crippen molar-refractivity contribution in [2.75, 3.05) is 6.54 Å². The molecule has 0 saturated carbocycles. The summed E-state index contributed by atoms with van der Waals surface area (Å²) < 4.78 is 34.1. The van der Waals surface area contributed by atoms with Crippen LogP contribution in [-0.2, 0) is 10.4 Å². The maximum absolute atomic E-state index is 8.52. The molecule has 0 aliphatic heterocycles. The predicted octanol–water partition coefficient (Wildman–Crippen LogP) is -1.87. The van der Waals surface area contributed by atoms with Gasteiger partial charge < -0.3 is 14.8 Å². The Hall–Kier alpha value is -0.680. The lowest BCUT2D eigenvalue weighted by Gasteiger charge is -2.06. The maximum Gasteiger partial charge on any atom is 0.0815 e. The highest BCUT2D eigenvalue weighted by Gasteiger charge is 1.49. The van der Waals surface area contributed by atoms with Crippen molar-refractivity contribution in [2.45, 2.75) is 0 Å². The summed E-state index contributed by atoms with van der Waals surface area (Å²) in [6, 6.07) is 1.71. The SMILES string of the molecule is N#CCN.O=S(=O)([O-])[O-]. The van der Waals surface area contributed by atoms with Gasteiger partial charge in [-0.25, -0.2) is 0 Å². The molecule has 0 fully saturated rings.